The summed E-state index contributed by atoms with van der Waals surface area (Å²) in [6.45, 7) is 7.77. The van der Waals surface area contributed by atoms with E-state index in [1.54, 1.807) is 0 Å². The molecule has 0 bridgehead atoms. The van der Waals surface area contributed by atoms with E-state index >= 15 is 0 Å². The zero-order valence-corrected chi connectivity index (χ0v) is 16.0. The smallest absolute Gasteiger partial charge is 0.237 e. The molecule has 0 aromatic carbocycles. The van der Waals surface area contributed by atoms with Crippen LogP contribution in [0.5, 0.6) is 0 Å². The number of carbonyl (C=O) groups is 2. The maximum absolute atomic E-state index is 12.7. The van der Waals surface area contributed by atoms with Crippen molar-refractivity contribution in [2.24, 2.45) is 11.8 Å². The molecule has 2 aliphatic heterocycles. The highest BCUT2D eigenvalue weighted by Crippen LogP contribution is 2.25. The van der Waals surface area contributed by atoms with Crippen LogP contribution < -0.4 is 5.32 Å². The predicted octanol–water partition coefficient (Wildman–Crippen LogP) is 2.40. The lowest BCUT2D eigenvalue weighted by molar-refractivity contribution is -0.138. The van der Waals surface area contributed by atoms with Crippen molar-refractivity contribution in [3.05, 3.63) is 0 Å². The fraction of sp³-hybridized carbons (Fsp3) is 0.900. The van der Waals surface area contributed by atoms with Crippen LogP contribution in [-0.2, 0) is 9.59 Å². The number of rotatable bonds is 4. The normalized spacial score (nSPS) is 32.4. The first-order valence-electron chi connectivity index (χ1n) is 10.4. The molecule has 1 saturated carbocycles. The van der Waals surface area contributed by atoms with Crippen LogP contribution >= 0.6 is 0 Å². The summed E-state index contributed by atoms with van der Waals surface area (Å²) < 4.78 is 0. The Bertz CT molecular complexity index is 476. The van der Waals surface area contributed by atoms with Crippen molar-refractivity contribution in [3.8, 4) is 0 Å². The number of hydrogen-bond donors (Lipinski definition) is 1. The Morgan fingerprint density at radius 3 is 2.40 bits per heavy atom. The van der Waals surface area contributed by atoms with Gasteiger partial charge in [-0.3, -0.25) is 14.5 Å². The molecule has 0 aromatic rings. The first-order valence-corrected chi connectivity index (χ1v) is 10.4. The highest BCUT2D eigenvalue weighted by molar-refractivity contribution is 5.82. The topological polar surface area (TPSA) is 52.7 Å². The van der Waals surface area contributed by atoms with Gasteiger partial charge in [0.2, 0.25) is 11.8 Å². The molecule has 5 heteroatoms. The largest absolute Gasteiger partial charge is 0.352 e. The number of hydrogen-bond acceptors (Lipinski definition) is 3. The predicted molar refractivity (Wildman–Crippen MR) is 99.1 cm³/mol. The Kier molecular flexibility index (Phi) is 6.37. The van der Waals surface area contributed by atoms with Crippen molar-refractivity contribution >= 4 is 11.8 Å². The van der Waals surface area contributed by atoms with Gasteiger partial charge in [-0.1, -0.05) is 19.8 Å². The third-order valence-corrected chi connectivity index (χ3v) is 6.59. The molecular weight excluding hydrogens is 314 g/mol. The molecular formula is C20H35N3O2. The highest BCUT2D eigenvalue weighted by Gasteiger charge is 2.34. The number of amides is 2. The molecule has 0 aromatic heterocycles. The summed E-state index contributed by atoms with van der Waals surface area (Å²) >= 11 is 0. The Hall–Kier alpha value is -1.10. The fourth-order valence-corrected chi connectivity index (χ4v) is 4.76. The molecule has 25 heavy (non-hydrogen) atoms. The van der Waals surface area contributed by atoms with Crippen LogP contribution in [0.25, 0.3) is 0 Å². The van der Waals surface area contributed by atoms with E-state index in [-0.39, 0.29) is 17.9 Å². The summed E-state index contributed by atoms with van der Waals surface area (Å²) in [5.41, 5.74) is 0. The molecule has 3 aliphatic rings. The van der Waals surface area contributed by atoms with E-state index in [9.17, 15) is 9.59 Å². The zero-order chi connectivity index (χ0) is 17.8. The molecule has 3 rings (SSSR count). The summed E-state index contributed by atoms with van der Waals surface area (Å²) in [6.07, 6.45) is 9.10. The Labute approximate surface area is 152 Å². The van der Waals surface area contributed by atoms with E-state index in [1.807, 2.05) is 11.8 Å². The molecule has 0 radical (unpaired) electrons. The summed E-state index contributed by atoms with van der Waals surface area (Å²) in [5, 5.41) is 3.29. The van der Waals surface area contributed by atoms with Crippen LogP contribution in [0, 0.1) is 11.8 Å². The molecule has 142 valence electrons. The van der Waals surface area contributed by atoms with Crippen molar-refractivity contribution in [1.29, 1.82) is 0 Å². The van der Waals surface area contributed by atoms with Gasteiger partial charge in [0.1, 0.15) is 0 Å². The van der Waals surface area contributed by atoms with Gasteiger partial charge in [-0.2, -0.15) is 0 Å². The van der Waals surface area contributed by atoms with Crippen LogP contribution in [0.15, 0.2) is 0 Å². The summed E-state index contributed by atoms with van der Waals surface area (Å²) in [6, 6.07) is 0.193. The minimum absolute atomic E-state index is 0.0794. The van der Waals surface area contributed by atoms with Crippen molar-refractivity contribution in [3.63, 3.8) is 0 Å². The van der Waals surface area contributed by atoms with Crippen molar-refractivity contribution in [2.75, 3.05) is 26.2 Å². The van der Waals surface area contributed by atoms with Gasteiger partial charge in [0.15, 0.2) is 0 Å². The second-order valence-electron chi connectivity index (χ2n) is 8.42. The molecule has 5 nitrogen and oxygen atoms in total. The van der Waals surface area contributed by atoms with Crippen LogP contribution in [0.1, 0.15) is 65.2 Å². The molecule has 3 fully saturated rings. The van der Waals surface area contributed by atoms with E-state index in [0.29, 0.717) is 17.9 Å². The molecule has 0 unspecified atom stereocenters. The average molecular weight is 350 g/mol. The maximum Gasteiger partial charge on any atom is 0.237 e. The second-order valence-corrected chi connectivity index (χ2v) is 8.42. The molecule has 1 N–H and O–H groups in total. The van der Waals surface area contributed by atoms with Gasteiger partial charge in [-0.15, -0.1) is 0 Å². The van der Waals surface area contributed by atoms with Gasteiger partial charge >= 0.3 is 0 Å². The minimum atomic E-state index is -0.136. The number of likely N-dealkylation sites (tertiary alicyclic amines) is 2. The molecule has 2 amide bonds. The van der Waals surface area contributed by atoms with Crippen molar-refractivity contribution in [2.45, 2.75) is 77.3 Å². The number of nitrogens with one attached hydrogen (secondary N) is 1. The lowest BCUT2D eigenvalue weighted by atomic mass is 9.86. The quantitative estimate of drug-likeness (QED) is 0.848. The number of carbonyl (C=O) groups excluding carboxylic acids is 2. The Morgan fingerprint density at radius 1 is 0.960 bits per heavy atom. The monoisotopic (exact) mass is 349 g/mol. The highest BCUT2D eigenvalue weighted by atomic mass is 16.2. The summed E-state index contributed by atoms with van der Waals surface area (Å²) in [5.74, 6) is 1.12. The maximum atomic E-state index is 12.7. The van der Waals surface area contributed by atoms with Gasteiger partial charge in [0, 0.05) is 25.7 Å². The molecule has 2 heterocycles. The number of nitrogens with zero attached hydrogens (tertiary/aromatic N) is 2. The van der Waals surface area contributed by atoms with E-state index in [1.165, 1.54) is 19.3 Å². The average Bonchev–Trinajstić information content (AvgIpc) is 3.17. The second kappa shape index (κ2) is 8.52. The lowest BCUT2D eigenvalue weighted by Crippen LogP contribution is -2.54. The minimum Gasteiger partial charge on any atom is -0.352 e. The molecule has 0 spiro atoms. The van der Waals surface area contributed by atoms with Crippen LogP contribution in [0.4, 0.5) is 0 Å². The van der Waals surface area contributed by atoms with Crippen LogP contribution in [-0.4, -0.2) is 59.9 Å². The van der Waals surface area contributed by atoms with Crippen molar-refractivity contribution < 1.29 is 9.59 Å². The van der Waals surface area contributed by atoms with Gasteiger partial charge in [-0.05, 0) is 57.9 Å². The van der Waals surface area contributed by atoms with E-state index < -0.39 is 0 Å². The van der Waals surface area contributed by atoms with Crippen LogP contribution in [0.3, 0.4) is 0 Å². The third-order valence-electron chi connectivity index (χ3n) is 6.59. The van der Waals surface area contributed by atoms with Crippen LogP contribution in [0.2, 0.25) is 0 Å². The van der Waals surface area contributed by atoms with Gasteiger partial charge in [0.25, 0.3) is 0 Å². The van der Waals surface area contributed by atoms with Gasteiger partial charge in [0.05, 0.1) is 12.0 Å². The van der Waals surface area contributed by atoms with E-state index in [0.717, 1.165) is 58.3 Å². The molecule has 4 atom stereocenters. The SMILES string of the molecule is C[C@@H]1CCCC[C@@H]1NC(=O)[C@@H](C)N1CCC[C@H](C(=O)N2CCCC2)C1. The van der Waals surface area contributed by atoms with Crippen molar-refractivity contribution in [1.82, 2.24) is 15.1 Å². The van der Waals surface area contributed by atoms with Gasteiger partial charge in [-0.25, -0.2) is 0 Å². The lowest BCUT2D eigenvalue weighted by Gasteiger charge is -2.38. The first kappa shape index (κ1) is 18.7. The standard InChI is InChI=1S/C20H35N3O2/c1-15-8-3-4-10-18(15)21-19(24)16(2)23-13-7-9-17(14-23)20(25)22-11-5-6-12-22/h15-18H,3-14H2,1-2H3,(H,21,24)/t15-,16-,17+,18+/m1/s1. The molecule has 2 saturated heterocycles. The third kappa shape index (κ3) is 4.55. The van der Waals surface area contributed by atoms with E-state index in [2.05, 4.69) is 17.1 Å². The fourth-order valence-electron chi connectivity index (χ4n) is 4.76. The number of piperidine rings is 1. The summed E-state index contributed by atoms with van der Waals surface area (Å²) in [4.78, 5) is 29.7. The van der Waals surface area contributed by atoms with E-state index in [4.69, 9.17) is 0 Å². The first-order chi connectivity index (χ1) is 12.1. The van der Waals surface area contributed by atoms with Gasteiger partial charge < -0.3 is 10.2 Å². The summed E-state index contributed by atoms with van der Waals surface area (Å²) in [7, 11) is 0. The molecule has 1 aliphatic carbocycles. The zero-order valence-electron chi connectivity index (χ0n) is 16.0. The Balaban J connectivity index is 1.52. The Morgan fingerprint density at radius 2 is 1.68 bits per heavy atom.